The minimum atomic E-state index is 0.118. The molecule has 0 aliphatic carbocycles. The van der Waals surface area contributed by atoms with Crippen LogP contribution in [-0.4, -0.2) is 28.8 Å². The van der Waals surface area contributed by atoms with Gasteiger partial charge in [0.1, 0.15) is 10.8 Å². The molecule has 0 aromatic carbocycles. The molecule has 1 aliphatic rings. The lowest BCUT2D eigenvalue weighted by Gasteiger charge is -2.24. The SMILES string of the molecule is CC(C)(C)c1csc(CN2CCCC(=O)C2)n1. The normalized spacial score (nSPS) is 18.6. The third kappa shape index (κ3) is 3.36. The van der Waals surface area contributed by atoms with Crippen LogP contribution in [0.5, 0.6) is 0 Å². The van der Waals surface area contributed by atoms with E-state index in [1.807, 2.05) is 0 Å². The number of Topliss-reactive ketones (excluding diaryl/α,β-unsaturated/α-hetero) is 1. The summed E-state index contributed by atoms with van der Waals surface area (Å²) in [6.07, 6.45) is 1.75. The number of hydrogen-bond donors (Lipinski definition) is 0. The zero-order chi connectivity index (χ0) is 12.5. The van der Waals surface area contributed by atoms with Crippen molar-refractivity contribution in [3.8, 4) is 0 Å². The predicted molar refractivity (Wildman–Crippen MR) is 70.3 cm³/mol. The first-order chi connectivity index (χ1) is 7.95. The minimum Gasteiger partial charge on any atom is -0.298 e. The molecule has 0 radical (unpaired) electrons. The molecule has 0 N–H and O–H groups in total. The monoisotopic (exact) mass is 252 g/mol. The van der Waals surface area contributed by atoms with Crippen molar-refractivity contribution in [2.45, 2.75) is 45.6 Å². The van der Waals surface area contributed by atoms with Gasteiger partial charge in [-0.1, -0.05) is 20.8 Å². The first-order valence-electron chi connectivity index (χ1n) is 6.14. The molecule has 1 aliphatic heterocycles. The molecule has 1 aromatic rings. The number of aromatic nitrogens is 1. The quantitative estimate of drug-likeness (QED) is 0.811. The summed E-state index contributed by atoms with van der Waals surface area (Å²) in [5.74, 6) is 0.365. The van der Waals surface area contributed by atoms with E-state index in [0.29, 0.717) is 12.3 Å². The first kappa shape index (κ1) is 12.7. The maximum Gasteiger partial charge on any atom is 0.146 e. The molecule has 2 heterocycles. The molecule has 17 heavy (non-hydrogen) atoms. The fourth-order valence-electron chi connectivity index (χ4n) is 1.96. The minimum absolute atomic E-state index is 0.118. The Kier molecular flexibility index (Phi) is 3.64. The lowest BCUT2D eigenvalue weighted by molar-refractivity contribution is -0.122. The molecule has 2 rings (SSSR count). The number of carbonyl (C=O) groups is 1. The third-order valence-corrected chi connectivity index (χ3v) is 3.84. The smallest absolute Gasteiger partial charge is 0.146 e. The number of rotatable bonds is 2. The van der Waals surface area contributed by atoms with Crippen LogP contribution in [0.4, 0.5) is 0 Å². The van der Waals surface area contributed by atoms with Crippen LogP contribution < -0.4 is 0 Å². The average Bonchev–Trinajstić information content (AvgIpc) is 2.65. The maximum atomic E-state index is 11.4. The molecular weight excluding hydrogens is 232 g/mol. The van der Waals surface area contributed by atoms with Crippen LogP contribution in [0.15, 0.2) is 5.38 Å². The highest BCUT2D eigenvalue weighted by molar-refractivity contribution is 7.09. The Morgan fingerprint density at radius 3 is 2.82 bits per heavy atom. The zero-order valence-corrected chi connectivity index (χ0v) is 11.6. The van der Waals surface area contributed by atoms with E-state index in [0.717, 1.165) is 36.6 Å². The fraction of sp³-hybridized carbons (Fsp3) is 0.692. The summed E-state index contributed by atoms with van der Waals surface area (Å²) in [5, 5.41) is 3.27. The number of likely N-dealkylation sites (tertiary alicyclic amines) is 1. The van der Waals surface area contributed by atoms with Crippen molar-refractivity contribution in [3.63, 3.8) is 0 Å². The largest absolute Gasteiger partial charge is 0.298 e. The molecule has 3 nitrogen and oxygen atoms in total. The Balaban J connectivity index is 1.99. The number of piperidine rings is 1. The second-order valence-corrected chi connectivity index (χ2v) is 6.67. The summed E-state index contributed by atoms with van der Waals surface area (Å²) in [7, 11) is 0. The lowest BCUT2D eigenvalue weighted by Crippen LogP contribution is -2.34. The summed E-state index contributed by atoms with van der Waals surface area (Å²) in [4.78, 5) is 18.2. The Labute approximate surface area is 107 Å². The van der Waals surface area contributed by atoms with Gasteiger partial charge in [0.15, 0.2) is 0 Å². The fourth-order valence-corrected chi connectivity index (χ4v) is 3.02. The van der Waals surface area contributed by atoms with Crippen LogP contribution in [0.2, 0.25) is 0 Å². The third-order valence-electron chi connectivity index (χ3n) is 3.01. The van der Waals surface area contributed by atoms with E-state index < -0.39 is 0 Å². The highest BCUT2D eigenvalue weighted by Gasteiger charge is 2.20. The molecule has 0 unspecified atom stereocenters. The van der Waals surface area contributed by atoms with Gasteiger partial charge in [-0.15, -0.1) is 11.3 Å². The Bertz CT molecular complexity index is 406. The van der Waals surface area contributed by atoms with E-state index in [2.05, 4.69) is 36.0 Å². The summed E-state index contributed by atoms with van der Waals surface area (Å²) < 4.78 is 0. The first-order valence-corrected chi connectivity index (χ1v) is 7.02. The van der Waals surface area contributed by atoms with Gasteiger partial charge in [0, 0.05) is 17.2 Å². The van der Waals surface area contributed by atoms with Crippen LogP contribution >= 0.6 is 11.3 Å². The number of hydrogen-bond acceptors (Lipinski definition) is 4. The van der Waals surface area contributed by atoms with E-state index in [1.165, 1.54) is 0 Å². The number of ketones is 1. The highest BCUT2D eigenvalue weighted by atomic mass is 32.1. The zero-order valence-electron chi connectivity index (χ0n) is 10.8. The molecule has 0 atom stereocenters. The molecule has 0 amide bonds. The van der Waals surface area contributed by atoms with Crippen LogP contribution in [0, 0.1) is 0 Å². The van der Waals surface area contributed by atoms with Gasteiger partial charge in [0.25, 0.3) is 0 Å². The van der Waals surface area contributed by atoms with Crippen molar-refractivity contribution in [1.29, 1.82) is 0 Å². The molecule has 0 spiro atoms. The number of nitrogens with zero attached hydrogens (tertiary/aromatic N) is 2. The van der Waals surface area contributed by atoms with Gasteiger partial charge in [-0.2, -0.15) is 0 Å². The van der Waals surface area contributed by atoms with Crippen LogP contribution in [-0.2, 0) is 16.8 Å². The number of thiazole rings is 1. The lowest BCUT2D eigenvalue weighted by atomic mass is 9.93. The van der Waals surface area contributed by atoms with E-state index in [9.17, 15) is 4.79 Å². The van der Waals surface area contributed by atoms with E-state index >= 15 is 0 Å². The van der Waals surface area contributed by atoms with Gasteiger partial charge in [-0.05, 0) is 13.0 Å². The number of carbonyl (C=O) groups excluding carboxylic acids is 1. The van der Waals surface area contributed by atoms with Gasteiger partial charge in [-0.25, -0.2) is 4.98 Å². The summed E-state index contributed by atoms with van der Waals surface area (Å²) in [6.45, 7) is 8.98. The van der Waals surface area contributed by atoms with Crippen LogP contribution in [0.3, 0.4) is 0 Å². The standard InChI is InChI=1S/C13H20N2OS/c1-13(2,3)11-9-17-12(14-11)8-15-6-4-5-10(16)7-15/h9H,4-8H2,1-3H3. The van der Waals surface area contributed by atoms with Crippen molar-refractivity contribution in [2.75, 3.05) is 13.1 Å². The Morgan fingerprint density at radius 1 is 1.47 bits per heavy atom. The summed E-state index contributed by atoms with van der Waals surface area (Å²) >= 11 is 1.71. The summed E-state index contributed by atoms with van der Waals surface area (Å²) in [6, 6.07) is 0. The van der Waals surface area contributed by atoms with E-state index in [1.54, 1.807) is 11.3 Å². The Hall–Kier alpha value is -0.740. The van der Waals surface area contributed by atoms with Crippen LogP contribution in [0.1, 0.15) is 44.3 Å². The molecule has 1 saturated heterocycles. The molecular formula is C13H20N2OS. The van der Waals surface area contributed by atoms with Gasteiger partial charge >= 0.3 is 0 Å². The maximum absolute atomic E-state index is 11.4. The molecule has 94 valence electrons. The van der Waals surface area contributed by atoms with Crippen molar-refractivity contribution in [3.05, 3.63) is 16.1 Å². The average molecular weight is 252 g/mol. The van der Waals surface area contributed by atoms with Crippen molar-refractivity contribution < 1.29 is 4.79 Å². The molecule has 4 heteroatoms. The molecule has 0 saturated carbocycles. The van der Waals surface area contributed by atoms with Gasteiger partial charge in [0.2, 0.25) is 0 Å². The van der Waals surface area contributed by atoms with E-state index in [4.69, 9.17) is 0 Å². The van der Waals surface area contributed by atoms with Crippen LogP contribution in [0.25, 0.3) is 0 Å². The van der Waals surface area contributed by atoms with Crippen molar-refractivity contribution in [2.24, 2.45) is 0 Å². The molecule has 1 fully saturated rings. The molecule has 0 bridgehead atoms. The van der Waals surface area contributed by atoms with Crippen molar-refractivity contribution in [1.82, 2.24) is 9.88 Å². The summed E-state index contributed by atoms with van der Waals surface area (Å²) in [5.41, 5.74) is 1.27. The van der Waals surface area contributed by atoms with Crippen molar-refractivity contribution >= 4 is 17.1 Å². The second kappa shape index (κ2) is 4.86. The second-order valence-electron chi connectivity index (χ2n) is 5.73. The van der Waals surface area contributed by atoms with Gasteiger partial charge in [0.05, 0.1) is 18.8 Å². The topological polar surface area (TPSA) is 33.2 Å². The van der Waals surface area contributed by atoms with E-state index in [-0.39, 0.29) is 5.41 Å². The van der Waals surface area contributed by atoms with Gasteiger partial charge in [-0.3, -0.25) is 9.69 Å². The highest BCUT2D eigenvalue weighted by Crippen LogP contribution is 2.24. The molecule has 1 aromatic heterocycles. The van der Waals surface area contributed by atoms with Gasteiger partial charge < -0.3 is 0 Å². The predicted octanol–water partition coefficient (Wildman–Crippen LogP) is 2.61. The Morgan fingerprint density at radius 2 is 2.24 bits per heavy atom.